The summed E-state index contributed by atoms with van der Waals surface area (Å²) in [6.07, 6.45) is 2.53. The Bertz CT molecular complexity index is 1070. The van der Waals surface area contributed by atoms with Crippen molar-refractivity contribution in [3.8, 4) is 11.3 Å². The molecule has 0 saturated heterocycles. The van der Waals surface area contributed by atoms with Crippen LogP contribution in [0, 0.1) is 0 Å². The number of aromatic amines is 1. The van der Waals surface area contributed by atoms with Crippen molar-refractivity contribution in [3.05, 3.63) is 65.6 Å². The summed E-state index contributed by atoms with van der Waals surface area (Å²) in [5.74, 6) is 0.317. The summed E-state index contributed by atoms with van der Waals surface area (Å²) >= 11 is 7.36. The molecule has 0 spiro atoms. The maximum Gasteiger partial charge on any atom is 0.238 e. The molecule has 2 amide bonds. The molecule has 0 fully saturated rings. The lowest BCUT2D eigenvalue weighted by Gasteiger charge is -2.24. The van der Waals surface area contributed by atoms with Gasteiger partial charge in [0.2, 0.25) is 11.8 Å². The molecule has 8 heteroatoms. The largest absolute Gasteiger partial charge is 0.346 e. The number of H-pyrrole nitrogens is 1. The first-order valence-electron chi connectivity index (χ1n) is 9.70. The Morgan fingerprint density at radius 1 is 1.27 bits per heavy atom. The second-order valence-corrected chi connectivity index (χ2v) is 8.70. The minimum absolute atomic E-state index is 0.0846. The second-order valence-electron chi connectivity index (χ2n) is 7.02. The zero-order chi connectivity index (χ0) is 21.1. The average Bonchev–Trinajstić information content (AvgIpc) is 3.23. The number of benzene rings is 2. The molecule has 6 nitrogen and oxygen atoms in total. The lowest BCUT2D eigenvalue weighted by molar-refractivity contribution is -0.124. The van der Waals surface area contributed by atoms with Crippen LogP contribution in [0.2, 0.25) is 5.02 Å². The van der Waals surface area contributed by atoms with Gasteiger partial charge in [-0.1, -0.05) is 48.9 Å². The third kappa shape index (κ3) is 4.52. The lowest BCUT2D eigenvalue weighted by Crippen LogP contribution is -2.36. The topological polar surface area (TPSA) is 86.9 Å². The van der Waals surface area contributed by atoms with E-state index in [2.05, 4.69) is 20.6 Å². The van der Waals surface area contributed by atoms with Crippen molar-refractivity contribution in [2.24, 2.45) is 0 Å². The van der Waals surface area contributed by atoms with Gasteiger partial charge in [0.05, 0.1) is 28.9 Å². The van der Waals surface area contributed by atoms with E-state index in [9.17, 15) is 9.59 Å². The van der Waals surface area contributed by atoms with Crippen LogP contribution in [0.3, 0.4) is 0 Å². The number of nitrogens with zero attached hydrogens (tertiary/aromatic N) is 1. The van der Waals surface area contributed by atoms with Gasteiger partial charge in [0, 0.05) is 16.3 Å². The molecule has 2 atom stereocenters. The van der Waals surface area contributed by atoms with Crippen molar-refractivity contribution in [2.45, 2.75) is 36.0 Å². The van der Waals surface area contributed by atoms with E-state index in [1.54, 1.807) is 18.3 Å². The fourth-order valence-electron chi connectivity index (χ4n) is 3.32. The molecule has 154 valence electrons. The number of rotatable bonds is 6. The average molecular weight is 441 g/mol. The van der Waals surface area contributed by atoms with Crippen LogP contribution < -0.4 is 10.6 Å². The summed E-state index contributed by atoms with van der Waals surface area (Å²) in [6, 6.07) is 15.0. The first-order valence-corrected chi connectivity index (χ1v) is 11.0. The van der Waals surface area contributed by atoms with Crippen LogP contribution in [0.25, 0.3) is 11.3 Å². The Morgan fingerprint density at radius 3 is 2.83 bits per heavy atom. The molecule has 0 aliphatic carbocycles. The molecule has 1 aliphatic rings. The highest BCUT2D eigenvalue weighted by atomic mass is 35.5. The van der Waals surface area contributed by atoms with Crippen LogP contribution in [0.15, 0.2) is 59.6 Å². The van der Waals surface area contributed by atoms with Crippen LogP contribution in [0.1, 0.15) is 31.6 Å². The van der Waals surface area contributed by atoms with Gasteiger partial charge < -0.3 is 15.6 Å². The Balaban J connectivity index is 1.41. The van der Waals surface area contributed by atoms with Gasteiger partial charge in [-0.05, 0) is 30.2 Å². The highest BCUT2D eigenvalue weighted by molar-refractivity contribution is 8.01. The Morgan fingerprint density at radius 2 is 2.07 bits per heavy atom. The number of hydrogen-bond donors (Lipinski definition) is 3. The first-order chi connectivity index (χ1) is 14.5. The van der Waals surface area contributed by atoms with Crippen molar-refractivity contribution in [3.63, 3.8) is 0 Å². The number of amides is 2. The summed E-state index contributed by atoms with van der Waals surface area (Å²) in [6.45, 7) is 1.98. The number of imidazole rings is 1. The Kier molecular flexibility index (Phi) is 6.11. The van der Waals surface area contributed by atoms with Gasteiger partial charge in [0.1, 0.15) is 5.82 Å². The van der Waals surface area contributed by atoms with E-state index >= 15 is 0 Å². The highest BCUT2D eigenvalue weighted by Gasteiger charge is 2.30. The van der Waals surface area contributed by atoms with Crippen LogP contribution in [-0.2, 0) is 9.59 Å². The van der Waals surface area contributed by atoms with E-state index in [-0.39, 0.29) is 24.3 Å². The summed E-state index contributed by atoms with van der Waals surface area (Å²) in [5, 5.41) is 5.90. The summed E-state index contributed by atoms with van der Waals surface area (Å²) in [5.41, 5.74) is 2.62. The van der Waals surface area contributed by atoms with Crippen molar-refractivity contribution in [1.29, 1.82) is 0 Å². The fourth-order valence-corrected chi connectivity index (χ4v) is 4.58. The minimum Gasteiger partial charge on any atom is -0.346 e. The molecular formula is C22H21ClN4O2S. The van der Waals surface area contributed by atoms with Crippen molar-refractivity contribution < 1.29 is 9.59 Å². The number of aromatic nitrogens is 2. The van der Waals surface area contributed by atoms with E-state index in [0.29, 0.717) is 23.0 Å². The molecule has 0 bridgehead atoms. The number of thioether (sulfide) groups is 1. The van der Waals surface area contributed by atoms with E-state index in [4.69, 9.17) is 11.6 Å². The monoisotopic (exact) mass is 440 g/mol. The molecule has 30 heavy (non-hydrogen) atoms. The molecule has 2 aromatic carbocycles. The van der Waals surface area contributed by atoms with E-state index in [0.717, 1.165) is 16.2 Å². The zero-order valence-corrected chi connectivity index (χ0v) is 17.9. The van der Waals surface area contributed by atoms with Gasteiger partial charge in [0.25, 0.3) is 0 Å². The van der Waals surface area contributed by atoms with Gasteiger partial charge in [0.15, 0.2) is 0 Å². The van der Waals surface area contributed by atoms with E-state index in [1.165, 1.54) is 11.8 Å². The third-order valence-corrected chi connectivity index (χ3v) is 6.40. The number of hydrogen-bond acceptors (Lipinski definition) is 4. The summed E-state index contributed by atoms with van der Waals surface area (Å²) in [7, 11) is 0. The molecule has 4 rings (SSSR count). The first kappa shape index (κ1) is 20.5. The second kappa shape index (κ2) is 8.93. The standard InChI is InChI=1S/C22H21ClN4O2S/c1-2-15(21-24-12-17(26-21)13-6-4-3-5-7-13)25-20(28)11-19-22(29)27-16-10-14(23)8-9-18(16)30-19/h3-10,12,15,19H,2,11H2,1H3,(H,24,26)(H,25,28)(H,27,29). The fraction of sp³-hybridized carbons (Fsp3) is 0.227. The number of fused-ring (bicyclic) bond motifs is 1. The summed E-state index contributed by atoms with van der Waals surface area (Å²) < 4.78 is 0. The third-order valence-electron chi connectivity index (χ3n) is 4.89. The number of anilines is 1. The molecule has 2 heterocycles. The molecule has 1 aromatic heterocycles. The van der Waals surface area contributed by atoms with Crippen LogP contribution in [0.4, 0.5) is 5.69 Å². The SMILES string of the molecule is CCC(NC(=O)CC1Sc2ccc(Cl)cc2NC1=O)c1ncc(-c2ccccc2)[nH]1. The number of carbonyl (C=O) groups is 2. The van der Waals surface area contributed by atoms with Crippen molar-refractivity contribution in [1.82, 2.24) is 15.3 Å². The van der Waals surface area contributed by atoms with Gasteiger partial charge in [-0.15, -0.1) is 11.8 Å². The maximum atomic E-state index is 12.7. The normalized spacial score (nSPS) is 16.5. The lowest BCUT2D eigenvalue weighted by atomic mass is 10.1. The Hall–Kier alpha value is -2.77. The Labute approximate surface area is 183 Å². The van der Waals surface area contributed by atoms with E-state index < -0.39 is 5.25 Å². The highest BCUT2D eigenvalue weighted by Crippen LogP contribution is 2.38. The van der Waals surface area contributed by atoms with Crippen molar-refractivity contribution >= 4 is 40.9 Å². The van der Waals surface area contributed by atoms with Crippen LogP contribution >= 0.6 is 23.4 Å². The molecule has 3 N–H and O–H groups in total. The van der Waals surface area contributed by atoms with Crippen molar-refractivity contribution in [2.75, 3.05) is 5.32 Å². The maximum absolute atomic E-state index is 12.7. The minimum atomic E-state index is -0.493. The predicted molar refractivity (Wildman–Crippen MR) is 120 cm³/mol. The smallest absolute Gasteiger partial charge is 0.238 e. The molecule has 2 unspecified atom stereocenters. The van der Waals surface area contributed by atoms with Gasteiger partial charge in [-0.25, -0.2) is 4.98 Å². The van der Waals surface area contributed by atoms with Gasteiger partial charge >= 0.3 is 0 Å². The van der Waals surface area contributed by atoms with Crippen LogP contribution in [-0.4, -0.2) is 27.0 Å². The number of carbonyl (C=O) groups excluding carboxylic acids is 2. The molecular weight excluding hydrogens is 420 g/mol. The molecule has 0 radical (unpaired) electrons. The molecule has 3 aromatic rings. The molecule has 1 aliphatic heterocycles. The van der Waals surface area contributed by atoms with Gasteiger partial charge in [-0.2, -0.15) is 0 Å². The predicted octanol–water partition coefficient (Wildman–Crippen LogP) is 4.80. The summed E-state index contributed by atoms with van der Waals surface area (Å²) in [4.78, 5) is 33.7. The zero-order valence-electron chi connectivity index (χ0n) is 16.3. The number of nitrogens with one attached hydrogen (secondary N) is 3. The molecule has 0 saturated carbocycles. The number of halogens is 1. The van der Waals surface area contributed by atoms with Crippen LogP contribution in [0.5, 0.6) is 0 Å². The van der Waals surface area contributed by atoms with Gasteiger partial charge in [-0.3, -0.25) is 9.59 Å². The van der Waals surface area contributed by atoms with E-state index in [1.807, 2.05) is 43.3 Å². The quantitative estimate of drug-likeness (QED) is 0.513.